The Morgan fingerprint density at radius 2 is 2.00 bits per heavy atom. The van der Waals surface area contributed by atoms with Crippen molar-refractivity contribution in [3.8, 4) is 0 Å². The lowest BCUT2D eigenvalue weighted by molar-refractivity contribution is -0.131. The number of hydrogen-bond acceptors (Lipinski definition) is 2. The summed E-state index contributed by atoms with van der Waals surface area (Å²) >= 11 is 0. The van der Waals surface area contributed by atoms with Gasteiger partial charge in [0.1, 0.15) is 0 Å². The van der Waals surface area contributed by atoms with Gasteiger partial charge in [-0.05, 0) is 24.8 Å². The number of hydrogen-bond donors (Lipinski definition) is 1. The highest BCUT2D eigenvalue weighted by Crippen LogP contribution is 2.21. The van der Waals surface area contributed by atoms with Crippen LogP contribution < -0.4 is 5.32 Å². The van der Waals surface area contributed by atoms with E-state index in [0.717, 1.165) is 39.0 Å². The number of nitrogens with zero attached hydrogens (tertiary/aromatic N) is 1. The molecule has 0 aromatic rings. The van der Waals surface area contributed by atoms with Crippen LogP contribution in [0.2, 0.25) is 0 Å². The molecule has 3 nitrogen and oxygen atoms in total. The lowest BCUT2D eigenvalue weighted by Gasteiger charge is -2.23. The van der Waals surface area contributed by atoms with Crippen molar-refractivity contribution in [1.82, 2.24) is 10.2 Å². The molecule has 1 N–H and O–H groups in total. The van der Waals surface area contributed by atoms with E-state index < -0.39 is 0 Å². The van der Waals surface area contributed by atoms with Gasteiger partial charge in [0, 0.05) is 26.1 Å². The SMILES string of the molecule is CC(C)(C)CCC(=O)N1CCCNCC1. The first-order chi connectivity index (χ1) is 6.99. The van der Waals surface area contributed by atoms with Gasteiger partial charge >= 0.3 is 0 Å². The van der Waals surface area contributed by atoms with E-state index >= 15 is 0 Å². The fraction of sp³-hybridized carbons (Fsp3) is 0.917. The van der Waals surface area contributed by atoms with Crippen molar-refractivity contribution >= 4 is 5.91 Å². The molecule has 88 valence electrons. The van der Waals surface area contributed by atoms with Crippen molar-refractivity contribution in [3.63, 3.8) is 0 Å². The fourth-order valence-electron chi connectivity index (χ4n) is 1.74. The highest BCUT2D eigenvalue weighted by atomic mass is 16.2. The molecule has 0 saturated carbocycles. The van der Waals surface area contributed by atoms with Crippen molar-refractivity contribution < 1.29 is 4.79 Å². The van der Waals surface area contributed by atoms with Gasteiger partial charge in [-0.3, -0.25) is 4.79 Å². The predicted octanol–water partition coefficient (Wildman–Crippen LogP) is 1.63. The van der Waals surface area contributed by atoms with E-state index in [-0.39, 0.29) is 5.41 Å². The maximum absolute atomic E-state index is 11.9. The summed E-state index contributed by atoms with van der Waals surface area (Å²) in [6.07, 6.45) is 2.76. The second-order valence-corrected chi connectivity index (χ2v) is 5.55. The topological polar surface area (TPSA) is 32.3 Å². The van der Waals surface area contributed by atoms with E-state index in [2.05, 4.69) is 26.1 Å². The molecule has 1 heterocycles. The van der Waals surface area contributed by atoms with Gasteiger partial charge in [-0.2, -0.15) is 0 Å². The zero-order chi connectivity index (χ0) is 11.3. The van der Waals surface area contributed by atoms with Gasteiger partial charge in [0.25, 0.3) is 0 Å². The van der Waals surface area contributed by atoms with Crippen LogP contribution in [0.25, 0.3) is 0 Å². The maximum Gasteiger partial charge on any atom is 0.222 e. The minimum Gasteiger partial charge on any atom is -0.341 e. The Morgan fingerprint density at radius 3 is 2.67 bits per heavy atom. The van der Waals surface area contributed by atoms with E-state index in [1.165, 1.54) is 0 Å². The van der Waals surface area contributed by atoms with Crippen LogP contribution in [-0.2, 0) is 4.79 Å². The average Bonchev–Trinajstić information content (AvgIpc) is 2.41. The van der Waals surface area contributed by atoms with Gasteiger partial charge in [-0.15, -0.1) is 0 Å². The van der Waals surface area contributed by atoms with Crippen LogP contribution in [-0.4, -0.2) is 37.0 Å². The molecule has 0 aliphatic carbocycles. The molecule has 0 radical (unpaired) electrons. The molecule has 0 bridgehead atoms. The number of rotatable bonds is 2. The zero-order valence-electron chi connectivity index (χ0n) is 10.3. The van der Waals surface area contributed by atoms with Crippen LogP contribution >= 0.6 is 0 Å². The summed E-state index contributed by atoms with van der Waals surface area (Å²) in [6, 6.07) is 0. The standard InChI is InChI=1S/C12H24N2O/c1-12(2,3)6-5-11(15)14-9-4-7-13-8-10-14/h13H,4-10H2,1-3H3. The molecule has 1 amide bonds. The average molecular weight is 212 g/mol. The number of carbonyl (C=O) groups excluding carboxylic acids is 1. The second kappa shape index (κ2) is 5.50. The van der Waals surface area contributed by atoms with Crippen LogP contribution in [0.3, 0.4) is 0 Å². The molecule has 1 fully saturated rings. The predicted molar refractivity (Wildman–Crippen MR) is 62.8 cm³/mol. The Bertz CT molecular complexity index is 200. The second-order valence-electron chi connectivity index (χ2n) is 5.55. The third-order valence-corrected chi connectivity index (χ3v) is 2.78. The lowest BCUT2D eigenvalue weighted by Crippen LogP contribution is -2.34. The molecule has 1 aliphatic heterocycles. The normalized spacial score (nSPS) is 18.7. The third kappa shape index (κ3) is 5.17. The quantitative estimate of drug-likeness (QED) is 0.754. The fourth-order valence-corrected chi connectivity index (χ4v) is 1.74. The Labute approximate surface area is 93.2 Å². The number of carbonyl (C=O) groups is 1. The summed E-state index contributed by atoms with van der Waals surface area (Å²) in [4.78, 5) is 13.9. The summed E-state index contributed by atoms with van der Waals surface area (Å²) in [7, 11) is 0. The van der Waals surface area contributed by atoms with Crippen LogP contribution in [0.4, 0.5) is 0 Å². The van der Waals surface area contributed by atoms with Gasteiger partial charge in [-0.25, -0.2) is 0 Å². The summed E-state index contributed by atoms with van der Waals surface area (Å²) < 4.78 is 0. The Kier molecular flexibility index (Phi) is 4.58. The van der Waals surface area contributed by atoms with Crippen molar-refractivity contribution in [2.45, 2.75) is 40.0 Å². The van der Waals surface area contributed by atoms with E-state index in [1.54, 1.807) is 0 Å². The first-order valence-electron chi connectivity index (χ1n) is 5.97. The summed E-state index contributed by atoms with van der Waals surface area (Å²) in [5.41, 5.74) is 0.264. The van der Waals surface area contributed by atoms with E-state index in [0.29, 0.717) is 12.3 Å². The molecular formula is C12H24N2O. The monoisotopic (exact) mass is 212 g/mol. The van der Waals surface area contributed by atoms with Crippen molar-refractivity contribution in [2.24, 2.45) is 5.41 Å². The zero-order valence-corrected chi connectivity index (χ0v) is 10.3. The summed E-state index contributed by atoms with van der Waals surface area (Å²) in [5.74, 6) is 0.327. The molecule has 1 aliphatic rings. The van der Waals surface area contributed by atoms with Gasteiger partial charge < -0.3 is 10.2 Å². The summed E-state index contributed by atoms with van der Waals surface area (Å²) in [5, 5.41) is 3.31. The molecule has 1 saturated heterocycles. The van der Waals surface area contributed by atoms with Crippen molar-refractivity contribution in [2.75, 3.05) is 26.2 Å². The minimum absolute atomic E-state index is 0.264. The molecule has 15 heavy (non-hydrogen) atoms. The Hall–Kier alpha value is -0.570. The molecule has 0 unspecified atom stereocenters. The van der Waals surface area contributed by atoms with Gasteiger partial charge in [0.05, 0.1) is 0 Å². The van der Waals surface area contributed by atoms with E-state index in [4.69, 9.17) is 0 Å². The maximum atomic E-state index is 11.9. The number of amides is 1. The summed E-state index contributed by atoms with van der Waals surface area (Å²) in [6.45, 7) is 10.3. The van der Waals surface area contributed by atoms with Crippen LogP contribution in [0.15, 0.2) is 0 Å². The molecule has 3 heteroatoms. The molecule has 0 aromatic carbocycles. The third-order valence-electron chi connectivity index (χ3n) is 2.78. The highest BCUT2D eigenvalue weighted by Gasteiger charge is 2.18. The van der Waals surface area contributed by atoms with E-state index in [9.17, 15) is 4.79 Å². The molecule has 0 atom stereocenters. The highest BCUT2D eigenvalue weighted by molar-refractivity contribution is 5.76. The molecule has 1 rings (SSSR count). The van der Waals surface area contributed by atoms with Gasteiger partial charge in [0.2, 0.25) is 5.91 Å². The number of nitrogens with one attached hydrogen (secondary N) is 1. The Balaban J connectivity index is 2.32. The lowest BCUT2D eigenvalue weighted by atomic mass is 9.90. The molecule has 0 spiro atoms. The first kappa shape index (κ1) is 12.5. The molecule has 0 aromatic heterocycles. The van der Waals surface area contributed by atoms with Crippen LogP contribution in [0.1, 0.15) is 40.0 Å². The van der Waals surface area contributed by atoms with Crippen LogP contribution in [0, 0.1) is 5.41 Å². The first-order valence-corrected chi connectivity index (χ1v) is 5.97. The smallest absolute Gasteiger partial charge is 0.222 e. The minimum atomic E-state index is 0.264. The van der Waals surface area contributed by atoms with E-state index in [1.807, 2.05) is 4.90 Å². The van der Waals surface area contributed by atoms with Crippen molar-refractivity contribution in [1.29, 1.82) is 0 Å². The molecular weight excluding hydrogens is 188 g/mol. The van der Waals surface area contributed by atoms with Gasteiger partial charge in [-0.1, -0.05) is 20.8 Å². The van der Waals surface area contributed by atoms with Gasteiger partial charge in [0.15, 0.2) is 0 Å². The largest absolute Gasteiger partial charge is 0.341 e. The Morgan fingerprint density at radius 1 is 1.27 bits per heavy atom. The van der Waals surface area contributed by atoms with Crippen LogP contribution in [0.5, 0.6) is 0 Å². The van der Waals surface area contributed by atoms with Crippen molar-refractivity contribution in [3.05, 3.63) is 0 Å².